The molecule has 0 aromatic carbocycles. The monoisotopic (exact) mass is 431 g/mol. The van der Waals surface area contributed by atoms with Gasteiger partial charge in [0.2, 0.25) is 5.43 Å². The van der Waals surface area contributed by atoms with Crippen LogP contribution >= 0.6 is 11.3 Å². The van der Waals surface area contributed by atoms with Gasteiger partial charge in [0.1, 0.15) is 5.69 Å². The van der Waals surface area contributed by atoms with Crippen LogP contribution < -0.4 is 10.7 Å². The first kappa shape index (κ1) is 22.3. The summed E-state index contributed by atoms with van der Waals surface area (Å²) < 4.78 is 4.65. The van der Waals surface area contributed by atoms with Crippen LogP contribution in [-0.2, 0) is 16.0 Å². The second-order valence-corrected chi connectivity index (χ2v) is 9.31. The molecule has 1 amide bonds. The third kappa shape index (κ3) is 4.83. The maximum absolute atomic E-state index is 13.3. The minimum absolute atomic E-state index is 0.0168. The number of nitrogens with one attached hydrogen (secondary N) is 1. The van der Waals surface area contributed by atoms with E-state index < -0.39 is 12.1 Å². The number of hydrogen-bond acceptors (Lipinski definition) is 5. The van der Waals surface area contributed by atoms with E-state index in [-0.39, 0.29) is 17.0 Å². The van der Waals surface area contributed by atoms with E-state index in [1.54, 1.807) is 5.38 Å². The van der Waals surface area contributed by atoms with Crippen LogP contribution in [0.4, 0.5) is 10.5 Å². The number of carboxylic acids is 1. The van der Waals surface area contributed by atoms with E-state index in [0.717, 1.165) is 28.9 Å². The number of hydrogen-bond donors (Lipinski definition) is 2. The van der Waals surface area contributed by atoms with Gasteiger partial charge in [-0.25, -0.2) is 9.59 Å². The van der Waals surface area contributed by atoms with E-state index in [2.05, 4.69) is 29.1 Å². The van der Waals surface area contributed by atoms with Crippen LogP contribution in [-0.4, -0.2) is 24.3 Å². The summed E-state index contributed by atoms with van der Waals surface area (Å²) in [4.78, 5) is 36.8. The molecular formula is C23H29NO5S. The molecule has 1 aromatic rings. The number of ether oxygens (including phenoxy) is 1. The summed E-state index contributed by atoms with van der Waals surface area (Å²) in [6.07, 6.45) is 9.48. The van der Waals surface area contributed by atoms with Crippen LogP contribution in [0.2, 0.25) is 0 Å². The summed E-state index contributed by atoms with van der Waals surface area (Å²) in [7, 11) is 1.28. The molecule has 1 saturated carbocycles. The lowest BCUT2D eigenvalue weighted by molar-refractivity contribution is -0.131. The van der Waals surface area contributed by atoms with Crippen LogP contribution in [0, 0.1) is 17.8 Å². The minimum atomic E-state index is -0.927. The molecule has 7 heteroatoms. The number of amides is 1. The highest BCUT2D eigenvalue weighted by Gasteiger charge is 2.43. The highest BCUT2D eigenvalue weighted by molar-refractivity contribution is 7.10. The Morgan fingerprint density at radius 1 is 1.37 bits per heavy atom. The number of carbonyl (C=O) groups excluding carboxylic acids is 1. The van der Waals surface area contributed by atoms with Gasteiger partial charge < -0.3 is 9.84 Å². The van der Waals surface area contributed by atoms with Gasteiger partial charge in [-0.1, -0.05) is 31.1 Å². The summed E-state index contributed by atoms with van der Waals surface area (Å²) in [5.41, 5.74) is 1.77. The molecular weight excluding hydrogens is 402 g/mol. The van der Waals surface area contributed by atoms with Crippen molar-refractivity contribution in [2.75, 3.05) is 12.4 Å². The fraction of sp³-hybridized carbons (Fsp3) is 0.522. The summed E-state index contributed by atoms with van der Waals surface area (Å²) >= 11 is 1.53. The number of carbonyl (C=O) groups is 2. The average molecular weight is 432 g/mol. The number of methoxy groups -OCH3 is 1. The van der Waals surface area contributed by atoms with E-state index in [1.165, 1.54) is 37.4 Å². The average Bonchev–Trinajstić information content (AvgIpc) is 3.06. The van der Waals surface area contributed by atoms with Crippen molar-refractivity contribution in [2.24, 2.45) is 17.8 Å². The van der Waals surface area contributed by atoms with Crippen LogP contribution in [0.5, 0.6) is 0 Å². The van der Waals surface area contributed by atoms with E-state index >= 15 is 0 Å². The molecule has 0 saturated heterocycles. The summed E-state index contributed by atoms with van der Waals surface area (Å²) in [5, 5.41) is 13.1. The van der Waals surface area contributed by atoms with Crippen LogP contribution in [0.3, 0.4) is 0 Å². The van der Waals surface area contributed by atoms with Gasteiger partial charge in [0.25, 0.3) is 0 Å². The molecule has 1 aromatic heterocycles. The van der Waals surface area contributed by atoms with Crippen LogP contribution in [0.25, 0.3) is 0 Å². The summed E-state index contributed by atoms with van der Waals surface area (Å²) in [6, 6.07) is 0. The third-order valence-corrected chi connectivity index (χ3v) is 7.36. The van der Waals surface area contributed by atoms with Gasteiger partial charge in [-0.2, -0.15) is 0 Å². The number of anilines is 1. The molecule has 3 rings (SSSR count). The van der Waals surface area contributed by atoms with Gasteiger partial charge >= 0.3 is 12.1 Å². The van der Waals surface area contributed by atoms with Gasteiger partial charge in [-0.15, -0.1) is 11.3 Å². The molecule has 4 atom stereocenters. The Balaban J connectivity index is 1.91. The largest absolute Gasteiger partial charge is 0.478 e. The Hall–Kier alpha value is -2.41. The molecule has 2 aliphatic rings. The second kappa shape index (κ2) is 9.60. The Morgan fingerprint density at radius 3 is 2.83 bits per heavy atom. The lowest BCUT2D eigenvalue weighted by Crippen LogP contribution is -2.33. The second-order valence-electron chi connectivity index (χ2n) is 8.35. The molecule has 0 bridgehead atoms. The minimum Gasteiger partial charge on any atom is -0.478 e. The highest BCUT2D eigenvalue weighted by atomic mass is 32.1. The fourth-order valence-electron chi connectivity index (χ4n) is 4.97. The summed E-state index contributed by atoms with van der Waals surface area (Å²) in [5.74, 6) is 0.614. The quantitative estimate of drug-likeness (QED) is 0.491. The zero-order chi connectivity index (χ0) is 21.8. The molecule has 2 aliphatic carbocycles. The molecule has 6 nitrogen and oxygen atoms in total. The molecule has 0 radical (unpaired) electrons. The number of allylic oxidation sites excluding steroid dienone is 3. The fourth-order valence-corrected chi connectivity index (χ4v) is 6.06. The molecule has 162 valence electrons. The van der Waals surface area contributed by atoms with Crippen molar-refractivity contribution in [3.05, 3.63) is 49.8 Å². The van der Waals surface area contributed by atoms with E-state index in [4.69, 9.17) is 5.11 Å². The summed E-state index contributed by atoms with van der Waals surface area (Å²) in [6.45, 7) is 4.08. The molecule has 1 heterocycles. The van der Waals surface area contributed by atoms with Crippen molar-refractivity contribution in [3.8, 4) is 0 Å². The maximum atomic E-state index is 13.3. The van der Waals surface area contributed by atoms with Crippen LogP contribution in [0.15, 0.2) is 34.0 Å². The van der Waals surface area contributed by atoms with Gasteiger partial charge in [0, 0.05) is 27.8 Å². The van der Waals surface area contributed by atoms with Crippen molar-refractivity contribution in [1.82, 2.24) is 0 Å². The number of aliphatic carboxylic acids is 1. The predicted octanol–water partition coefficient (Wildman–Crippen LogP) is 4.96. The lowest BCUT2D eigenvalue weighted by atomic mass is 9.70. The first-order valence-corrected chi connectivity index (χ1v) is 11.3. The molecule has 0 spiro atoms. The Labute approximate surface area is 180 Å². The molecule has 0 unspecified atom stereocenters. The zero-order valence-electron chi connectivity index (χ0n) is 17.6. The van der Waals surface area contributed by atoms with Crippen molar-refractivity contribution in [3.63, 3.8) is 0 Å². The number of carboxylic acid groups (broad SMARTS) is 1. The standard InChI is InChI=1S/C23H29NO5S/c1-13(10-19(25)26)6-4-5-7-16-20-14(2)8-9-15(20)11-18-21(16)22(27)17(12-30-18)24-23(28)29-3/h5,7,10,12,14-16,20H,4,6,8-9,11H2,1-3H3,(H,24,28)(H,25,26)/b7-5+,13-10-/t14-,15-,16+,20+/m0/s1. The van der Waals surface area contributed by atoms with Crippen molar-refractivity contribution in [2.45, 2.75) is 51.9 Å². The van der Waals surface area contributed by atoms with E-state index in [9.17, 15) is 14.4 Å². The molecule has 2 N–H and O–H groups in total. The first-order valence-electron chi connectivity index (χ1n) is 10.4. The molecule has 1 fully saturated rings. The Kier molecular flexibility index (Phi) is 7.13. The Bertz CT molecular complexity index is 932. The van der Waals surface area contributed by atoms with Crippen molar-refractivity contribution >= 4 is 29.1 Å². The molecule has 0 aliphatic heterocycles. The first-order chi connectivity index (χ1) is 14.3. The number of fused-ring (bicyclic) bond motifs is 2. The van der Waals surface area contributed by atoms with E-state index in [1.807, 2.05) is 6.92 Å². The molecule has 30 heavy (non-hydrogen) atoms. The van der Waals surface area contributed by atoms with E-state index in [0.29, 0.717) is 24.2 Å². The van der Waals surface area contributed by atoms with Gasteiger partial charge in [0.15, 0.2) is 0 Å². The van der Waals surface area contributed by atoms with Gasteiger partial charge in [0.05, 0.1) is 7.11 Å². The number of rotatable bonds is 6. The van der Waals surface area contributed by atoms with Crippen LogP contribution in [0.1, 0.15) is 55.9 Å². The predicted molar refractivity (Wildman–Crippen MR) is 118 cm³/mol. The van der Waals surface area contributed by atoms with Gasteiger partial charge in [-0.3, -0.25) is 10.1 Å². The van der Waals surface area contributed by atoms with Crippen molar-refractivity contribution in [1.29, 1.82) is 0 Å². The highest BCUT2D eigenvalue weighted by Crippen LogP contribution is 2.51. The topological polar surface area (TPSA) is 92.7 Å². The maximum Gasteiger partial charge on any atom is 0.411 e. The third-order valence-electron chi connectivity index (χ3n) is 6.34. The Morgan fingerprint density at radius 2 is 2.13 bits per heavy atom. The van der Waals surface area contributed by atoms with Gasteiger partial charge in [-0.05, 0) is 50.4 Å². The smallest absolute Gasteiger partial charge is 0.411 e. The van der Waals surface area contributed by atoms with Crippen molar-refractivity contribution < 1.29 is 19.4 Å². The lowest BCUT2D eigenvalue weighted by Gasteiger charge is -2.36. The SMILES string of the molecule is COC(=O)Nc1csc2c(c1=O)[C@H](/C=C/CC/C(C)=C\C(=O)O)[C@H]1[C@@H](CC[C@@H]1C)C2. The normalized spacial score (nSPS) is 25.6. The zero-order valence-corrected chi connectivity index (χ0v) is 18.5.